The first kappa shape index (κ1) is 20.4. The Morgan fingerprint density at radius 1 is 1.14 bits per heavy atom. The molecule has 28 heavy (non-hydrogen) atoms. The van der Waals surface area contributed by atoms with Crippen LogP contribution in [0.5, 0.6) is 0 Å². The van der Waals surface area contributed by atoms with Crippen molar-refractivity contribution in [1.82, 2.24) is 19.9 Å². The molecule has 1 saturated heterocycles. The molecule has 0 aliphatic carbocycles. The molecule has 1 aliphatic heterocycles. The molecule has 148 valence electrons. The third-order valence-electron chi connectivity index (χ3n) is 5.23. The fourth-order valence-corrected chi connectivity index (χ4v) is 3.47. The molecule has 0 unspecified atom stereocenters. The Morgan fingerprint density at radius 2 is 1.86 bits per heavy atom. The van der Waals surface area contributed by atoms with Crippen LogP contribution in [-0.2, 0) is 6.54 Å². The third-order valence-corrected chi connectivity index (χ3v) is 5.23. The third kappa shape index (κ3) is 4.21. The van der Waals surface area contributed by atoms with Crippen LogP contribution in [0.3, 0.4) is 0 Å². The van der Waals surface area contributed by atoms with E-state index in [9.17, 15) is 0 Å². The lowest BCUT2D eigenvalue weighted by Crippen LogP contribution is -2.51. The molecule has 2 aromatic heterocycles. The molecule has 0 bridgehead atoms. The van der Waals surface area contributed by atoms with E-state index in [1.54, 1.807) is 12.4 Å². The van der Waals surface area contributed by atoms with E-state index in [2.05, 4.69) is 61.8 Å². The van der Waals surface area contributed by atoms with Crippen LogP contribution in [0, 0.1) is 13.8 Å². The normalized spacial score (nSPS) is 15.0. The first-order chi connectivity index (χ1) is 13.1. The van der Waals surface area contributed by atoms with Gasteiger partial charge >= 0.3 is 0 Å². The smallest absolute Gasteiger partial charge is 0.225 e. The number of aromatic nitrogens is 3. The lowest BCUT2D eigenvalue weighted by Gasteiger charge is -2.35. The fraction of sp³-hybridized carbons (Fsp3) is 0.350. The number of aromatic amines is 1. The zero-order valence-corrected chi connectivity index (χ0v) is 18.6. The van der Waals surface area contributed by atoms with Gasteiger partial charge in [0.15, 0.2) is 5.96 Å². The zero-order chi connectivity index (χ0) is 18.8. The number of anilines is 1. The zero-order valence-electron chi connectivity index (χ0n) is 16.2. The summed E-state index contributed by atoms with van der Waals surface area (Å²) in [6, 6.07) is 8.27. The summed E-state index contributed by atoms with van der Waals surface area (Å²) in [4.78, 5) is 21.0. The highest BCUT2D eigenvalue weighted by atomic mass is 127. The topological polar surface area (TPSA) is 86.4 Å². The summed E-state index contributed by atoms with van der Waals surface area (Å²) in [5, 5.41) is 1.26. The van der Waals surface area contributed by atoms with Gasteiger partial charge in [-0.1, -0.05) is 6.07 Å². The van der Waals surface area contributed by atoms with Gasteiger partial charge in [0.25, 0.3) is 0 Å². The molecule has 4 rings (SSSR count). The molecule has 8 heteroatoms. The van der Waals surface area contributed by atoms with Gasteiger partial charge in [0.2, 0.25) is 5.95 Å². The number of halogens is 1. The quantitative estimate of drug-likeness (QED) is 0.335. The predicted molar refractivity (Wildman–Crippen MR) is 124 cm³/mol. The van der Waals surface area contributed by atoms with Crippen molar-refractivity contribution in [2.24, 2.45) is 10.7 Å². The van der Waals surface area contributed by atoms with Gasteiger partial charge in [-0.15, -0.1) is 24.0 Å². The van der Waals surface area contributed by atoms with Crippen LogP contribution < -0.4 is 10.6 Å². The first-order valence-electron chi connectivity index (χ1n) is 9.26. The SMILES string of the molecule is Cc1[nH]c2ccc(CN=C(N)N3CCN(c4ncccn4)CC3)cc2c1C.I. The Labute approximate surface area is 182 Å². The molecule has 1 aliphatic rings. The van der Waals surface area contributed by atoms with Crippen molar-refractivity contribution in [2.75, 3.05) is 31.1 Å². The second kappa shape index (κ2) is 8.76. The molecule has 0 saturated carbocycles. The van der Waals surface area contributed by atoms with Crippen molar-refractivity contribution in [3.05, 3.63) is 53.5 Å². The van der Waals surface area contributed by atoms with E-state index in [1.165, 1.54) is 27.7 Å². The average Bonchev–Trinajstić information content (AvgIpc) is 3.00. The van der Waals surface area contributed by atoms with Crippen molar-refractivity contribution >= 4 is 46.8 Å². The van der Waals surface area contributed by atoms with Gasteiger partial charge in [0.05, 0.1) is 6.54 Å². The summed E-state index contributed by atoms with van der Waals surface area (Å²) in [6.07, 6.45) is 3.55. The summed E-state index contributed by atoms with van der Waals surface area (Å²) in [7, 11) is 0. The summed E-state index contributed by atoms with van der Waals surface area (Å²) in [6.45, 7) is 8.16. The van der Waals surface area contributed by atoms with Gasteiger partial charge in [0.1, 0.15) is 0 Å². The Hall–Kier alpha value is -2.36. The number of guanidine groups is 1. The van der Waals surface area contributed by atoms with Gasteiger partial charge in [-0.2, -0.15) is 0 Å². The van der Waals surface area contributed by atoms with E-state index >= 15 is 0 Å². The molecule has 0 spiro atoms. The highest BCUT2D eigenvalue weighted by Crippen LogP contribution is 2.22. The molecule has 3 N–H and O–H groups in total. The summed E-state index contributed by atoms with van der Waals surface area (Å²) in [5.41, 5.74) is 11.1. The van der Waals surface area contributed by atoms with E-state index in [4.69, 9.17) is 5.73 Å². The molecule has 0 amide bonds. The van der Waals surface area contributed by atoms with Gasteiger partial charge in [-0.3, -0.25) is 0 Å². The van der Waals surface area contributed by atoms with Crippen LogP contribution in [0.15, 0.2) is 41.7 Å². The van der Waals surface area contributed by atoms with Gasteiger partial charge in [0, 0.05) is 55.2 Å². The van der Waals surface area contributed by atoms with E-state index in [-0.39, 0.29) is 24.0 Å². The van der Waals surface area contributed by atoms with E-state index in [0.717, 1.165) is 32.1 Å². The van der Waals surface area contributed by atoms with Crippen LogP contribution in [0.4, 0.5) is 5.95 Å². The number of rotatable bonds is 3. The number of nitrogens with one attached hydrogen (secondary N) is 1. The Kier molecular flexibility index (Phi) is 6.38. The largest absolute Gasteiger partial charge is 0.370 e. The molecule has 0 radical (unpaired) electrons. The van der Waals surface area contributed by atoms with Crippen LogP contribution in [0.2, 0.25) is 0 Å². The Bertz CT molecular complexity index is 959. The molecule has 3 heterocycles. The molecular weight excluding hydrogens is 465 g/mol. The standard InChI is InChI=1S/C20H25N7.HI/c1-14-15(2)25-18-5-4-16(12-17(14)18)13-24-19(21)26-8-10-27(11-9-26)20-22-6-3-7-23-20;/h3-7,12,25H,8-11,13H2,1-2H3,(H2,21,24);1H. The van der Waals surface area contributed by atoms with Gasteiger partial charge in [-0.05, 0) is 43.2 Å². The highest BCUT2D eigenvalue weighted by molar-refractivity contribution is 14.0. The Morgan fingerprint density at radius 3 is 2.57 bits per heavy atom. The van der Waals surface area contributed by atoms with Gasteiger partial charge in [-0.25, -0.2) is 15.0 Å². The van der Waals surface area contributed by atoms with Crippen molar-refractivity contribution in [2.45, 2.75) is 20.4 Å². The number of nitrogens with zero attached hydrogens (tertiary/aromatic N) is 5. The highest BCUT2D eigenvalue weighted by Gasteiger charge is 2.19. The lowest BCUT2D eigenvalue weighted by molar-refractivity contribution is 0.378. The number of aliphatic imine (C=N–C) groups is 1. The molecule has 3 aromatic rings. The maximum Gasteiger partial charge on any atom is 0.225 e. The first-order valence-corrected chi connectivity index (χ1v) is 9.26. The molecule has 1 fully saturated rings. The number of fused-ring (bicyclic) bond motifs is 1. The summed E-state index contributed by atoms with van der Waals surface area (Å²) in [5.74, 6) is 1.38. The predicted octanol–water partition coefficient (Wildman–Crippen LogP) is 2.83. The minimum atomic E-state index is 0. The second-order valence-electron chi connectivity index (χ2n) is 6.95. The number of hydrogen-bond acceptors (Lipinski definition) is 4. The Balaban J connectivity index is 0.00000225. The average molecular weight is 491 g/mol. The van der Waals surface area contributed by atoms with E-state index < -0.39 is 0 Å². The number of hydrogen-bond donors (Lipinski definition) is 2. The van der Waals surface area contributed by atoms with Crippen LogP contribution >= 0.6 is 24.0 Å². The van der Waals surface area contributed by atoms with E-state index in [0.29, 0.717) is 12.5 Å². The fourth-order valence-electron chi connectivity index (χ4n) is 3.47. The van der Waals surface area contributed by atoms with Crippen molar-refractivity contribution in [3.63, 3.8) is 0 Å². The summed E-state index contributed by atoms with van der Waals surface area (Å²) < 4.78 is 0. The lowest BCUT2D eigenvalue weighted by atomic mass is 10.1. The van der Waals surface area contributed by atoms with Crippen molar-refractivity contribution in [1.29, 1.82) is 0 Å². The van der Waals surface area contributed by atoms with Crippen LogP contribution in [-0.4, -0.2) is 52.0 Å². The molecule has 1 aromatic carbocycles. The van der Waals surface area contributed by atoms with Crippen LogP contribution in [0.25, 0.3) is 10.9 Å². The number of aryl methyl sites for hydroxylation is 2. The van der Waals surface area contributed by atoms with Crippen LogP contribution in [0.1, 0.15) is 16.8 Å². The second-order valence-corrected chi connectivity index (χ2v) is 6.95. The maximum atomic E-state index is 6.25. The molecule has 7 nitrogen and oxygen atoms in total. The molecular formula is C20H26IN7. The number of benzene rings is 1. The molecule has 0 atom stereocenters. The minimum absolute atomic E-state index is 0. The van der Waals surface area contributed by atoms with Crippen molar-refractivity contribution in [3.8, 4) is 0 Å². The number of piperazine rings is 1. The number of nitrogens with two attached hydrogens (primary N) is 1. The van der Waals surface area contributed by atoms with Crippen molar-refractivity contribution < 1.29 is 0 Å². The minimum Gasteiger partial charge on any atom is -0.370 e. The maximum absolute atomic E-state index is 6.25. The van der Waals surface area contributed by atoms with E-state index in [1.807, 2.05) is 6.07 Å². The summed E-state index contributed by atoms with van der Waals surface area (Å²) >= 11 is 0. The number of H-pyrrole nitrogens is 1. The monoisotopic (exact) mass is 491 g/mol. The van der Waals surface area contributed by atoms with Gasteiger partial charge < -0.3 is 20.5 Å².